The fourth-order valence-electron chi connectivity index (χ4n) is 3.17. The molecular formula is C21H25NO11. The van der Waals surface area contributed by atoms with Gasteiger partial charge in [0.25, 0.3) is 0 Å². The molecule has 1 fully saturated rings. The molecule has 1 aromatic rings. The van der Waals surface area contributed by atoms with Crippen LogP contribution in [0.5, 0.6) is 0 Å². The van der Waals surface area contributed by atoms with Crippen molar-refractivity contribution in [3.8, 4) is 0 Å². The molecule has 0 radical (unpaired) electrons. The summed E-state index contributed by atoms with van der Waals surface area (Å²) < 4.78 is 25.9. The number of hydrogen-bond acceptors (Lipinski definition) is 10. The van der Waals surface area contributed by atoms with Crippen LogP contribution in [0.25, 0.3) is 0 Å². The Balaban J connectivity index is 2.18. The molecule has 1 amide bonds. The van der Waals surface area contributed by atoms with Crippen LogP contribution in [-0.4, -0.2) is 65.7 Å². The predicted octanol–water partition coefficient (Wildman–Crippen LogP) is 0.907. The standard InChI is InChI=1S/C21H25NO11/c1-11(23)30-16-9-15(33-20(32-13(3)25)18(16)31-12(2)24)17(19(26)27)22-21(28)29-10-14-7-5-4-6-8-14/h4-8,15-18,20H,9-10H2,1-3H3,(H,22,28)(H,26,27)/t15-,16+,17-,18+,20?/m0/s1. The molecule has 12 heteroatoms. The lowest BCUT2D eigenvalue weighted by molar-refractivity contribution is -0.269. The number of benzene rings is 1. The van der Waals surface area contributed by atoms with Gasteiger partial charge in [0.2, 0.25) is 12.4 Å². The fraction of sp³-hybridized carbons (Fsp3) is 0.476. The van der Waals surface area contributed by atoms with E-state index in [0.717, 1.165) is 20.8 Å². The summed E-state index contributed by atoms with van der Waals surface area (Å²) in [5, 5.41) is 11.8. The van der Waals surface area contributed by atoms with E-state index < -0.39 is 60.6 Å². The summed E-state index contributed by atoms with van der Waals surface area (Å²) in [4.78, 5) is 58.7. The second-order valence-electron chi connectivity index (χ2n) is 7.13. The minimum atomic E-state index is -1.66. The lowest BCUT2D eigenvalue weighted by Gasteiger charge is -2.41. The summed E-state index contributed by atoms with van der Waals surface area (Å²) in [5.41, 5.74) is 0.683. The average molecular weight is 467 g/mol. The Morgan fingerprint density at radius 3 is 2.15 bits per heavy atom. The normalized spacial score (nSPS) is 22.9. The molecule has 1 saturated heterocycles. The van der Waals surface area contributed by atoms with Gasteiger partial charge in [-0.15, -0.1) is 0 Å². The van der Waals surface area contributed by atoms with Crippen molar-refractivity contribution in [3.63, 3.8) is 0 Å². The van der Waals surface area contributed by atoms with E-state index in [0.29, 0.717) is 5.56 Å². The van der Waals surface area contributed by atoms with E-state index in [1.165, 1.54) is 0 Å². The Labute approximate surface area is 189 Å². The monoisotopic (exact) mass is 467 g/mol. The number of esters is 3. The molecule has 33 heavy (non-hydrogen) atoms. The number of carbonyl (C=O) groups excluding carboxylic acids is 4. The smallest absolute Gasteiger partial charge is 0.408 e. The predicted molar refractivity (Wildman–Crippen MR) is 107 cm³/mol. The maximum Gasteiger partial charge on any atom is 0.408 e. The number of carbonyl (C=O) groups is 5. The highest BCUT2D eigenvalue weighted by molar-refractivity contribution is 5.80. The summed E-state index contributed by atoms with van der Waals surface area (Å²) >= 11 is 0. The molecule has 2 N–H and O–H groups in total. The van der Waals surface area contributed by atoms with E-state index in [4.69, 9.17) is 23.7 Å². The van der Waals surface area contributed by atoms with E-state index in [2.05, 4.69) is 5.32 Å². The van der Waals surface area contributed by atoms with Crippen molar-refractivity contribution in [3.05, 3.63) is 35.9 Å². The Morgan fingerprint density at radius 2 is 1.61 bits per heavy atom. The lowest BCUT2D eigenvalue weighted by Crippen LogP contribution is -2.60. The minimum Gasteiger partial charge on any atom is -0.480 e. The highest BCUT2D eigenvalue weighted by atomic mass is 16.7. The van der Waals surface area contributed by atoms with Crippen molar-refractivity contribution in [2.45, 2.75) is 64.4 Å². The molecule has 5 atom stereocenters. The van der Waals surface area contributed by atoms with Gasteiger partial charge in [0.1, 0.15) is 12.7 Å². The third-order valence-corrected chi connectivity index (χ3v) is 4.43. The Bertz CT molecular complexity index is 846. The van der Waals surface area contributed by atoms with Crippen LogP contribution >= 0.6 is 0 Å². The van der Waals surface area contributed by atoms with Crippen LogP contribution in [0.1, 0.15) is 32.8 Å². The number of ether oxygens (including phenoxy) is 5. The average Bonchev–Trinajstić information content (AvgIpc) is 2.72. The van der Waals surface area contributed by atoms with Crippen LogP contribution in [0.3, 0.4) is 0 Å². The topological polar surface area (TPSA) is 164 Å². The first-order chi connectivity index (χ1) is 15.6. The molecule has 1 aliphatic rings. The lowest BCUT2D eigenvalue weighted by atomic mass is 9.96. The first-order valence-corrected chi connectivity index (χ1v) is 9.94. The van der Waals surface area contributed by atoms with E-state index in [1.807, 2.05) is 0 Å². The van der Waals surface area contributed by atoms with Crippen molar-refractivity contribution in [2.75, 3.05) is 0 Å². The van der Waals surface area contributed by atoms with Gasteiger partial charge in [-0.3, -0.25) is 14.4 Å². The van der Waals surface area contributed by atoms with Crippen molar-refractivity contribution < 1.29 is 52.8 Å². The SMILES string of the molecule is CC(=O)OC1O[C@H]([C@H](NC(=O)OCc2ccccc2)C(=O)O)C[C@@H](OC(C)=O)[C@H]1OC(C)=O. The van der Waals surface area contributed by atoms with Crippen LogP contribution in [-0.2, 0) is 49.5 Å². The van der Waals surface area contributed by atoms with Gasteiger partial charge in [0.05, 0.1) is 6.10 Å². The van der Waals surface area contributed by atoms with Gasteiger partial charge in [-0.2, -0.15) is 0 Å². The number of carboxylic acid groups (broad SMARTS) is 1. The van der Waals surface area contributed by atoms with Crippen LogP contribution in [0.4, 0.5) is 4.79 Å². The molecule has 0 bridgehead atoms. The summed E-state index contributed by atoms with van der Waals surface area (Å²) in [7, 11) is 0. The second kappa shape index (κ2) is 11.8. The summed E-state index contributed by atoms with van der Waals surface area (Å²) in [6.07, 6.45) is -6.79. The van der Waals surface area contributed by atoms with Crippen LogP contribution in [0.2, 0.25) is 0 Å². The van der Waals surface area contributed by atoms with E-state index in [9.17, 15) is 29.1 Å². The molecule has 1 aromatic carbocycles. The van der Waals surface area contributed by atoms with E-state index in [1.54, 1.807) is 30.3 Å². The van der Waals surface area contributed by atoms with Crippen molar-refractivity contribution in [2.24, 2.45) is 0 Å². The molecule has 180 valence electrons. The molecule has 1 heterocycles. The Kier molecular flexibility index (Phi) is 9.16. The number of carboxylic acids is 1. The van der Waals surface area contributed by atoms with Crippen LogP contribution in [0, 0.1) is 0 Å². The van der Waals surface area contributed by atoms with Gasteiger partial charge >= 0.3 is 30.0 Å². The van der Waals surface area contributed by atoms with E-state index in [-0.39, 0.29) is 13.0 Å². The Morgan fingerprint density at radius 1 is 1.00 bits per heavy atom. The third-order valence-electron chi connectivity index (χ3n) is 4.43. The van der Waals surface area contributed by atoms with Crippen molar-refractivity contribution in [1.82, 2.24) is 5.32 Å². The van der Waals surface area contributed by atoms with E-state index >= 15 is 0 Å². The zero-order chi connectivity index (χ0) is 24.5. The number of aliphatic carboxylic acids is 1. The summed E-state index contributed by atoms with van der Waals surface area (Å²) in [6, 6.07) is 7.05. The van der Waals surface area contributed by atoms with Gasteiger partial charge in [-0.25, -0.2) is 9.59 Å². The number of amides is 1. The molecular weight excluding hydrogens is 442 g/mol. The van der Waals surface area contributed by atoms with Crippen molar-refractivity contribution in [1.29, 1.82) is 0 Å². The van der Waals surface area contributed by atoms with Crippen molar-refractivity contribution >= 4 is 30.0 Å². The molecule has 0 spiro atoms. The Hall–Kier alpha value is -3.67. The number of nitrogens with one attached hydrogen (secondary N) is 1. The molecule has 2 rings (SSSR count). The molecule has 1 aliphatic heterocycles. The van der Waals surface area contributed by atoms with Gasteiger partial charge in [-0.1, -0.05) is 30.3 Å². The molecule has 0 aliphatic carbocycles. The largest absolute Gasteiger partial charge is 0.480 e. The number of hydrogen-bond donors (Lipinski definition) is 2. The first kappa shape index (κ1) is 25.6. The molecule has 0 saturated carbocycles. The third kappa shape index (κ3) is 8.07. The van der Waals surface area contributed by atoms with Gasteiger partial charge in [-0.05, 0) is 5.56 Å². The maximum absolute atomic E-state index is 12.2. The van der Waals surface area contributed by atoms with Gasteiger partial charge in [0, 0.05) is 27.2 Å². The zero-order valence-electron chi connectivity index (χ0n) is 18.2. The minimum absolute atomic E-state index is 0.106. The van der Waals surface area contributed by atoms with Crippen LogP contribution < -0.4 is 5.32 Å². The summed E-state index contributed by atoms with van der Waals surface area (Å²) in [5.74, 6) is -3.82. The number of alkyl carbamates (subject to hydrolysis) is 1. The van der Waals surface area contributed by atoms with Gasteiger partial charge < -0.3 is 34.1 Å². The number of rotatable bonds is 8. The second-order valence-corrected chi connectivity index (χ2v) is 7.13. The quantitative estimate of drug-likeness (QED) is 0.412. The highest BCUT2D eigenvalue weighted by Gasteiger charge is 2.49. The highest BCUT2D eigenvalue weighted by Crippen LogP contribution is 2.28. The first-order valence-electron chi connectivity index (χ1n) is 9.94. The van der Waals surface area contributed by atoms with Gasteiger partial charge in [0.15, 0.2) is 6.04 Å². The molecule has 12 nitrogen and oxygen atoms in total. The molecule has 0 aromatic heterocycles. The fourth-order valence-corrected chi connectivity index (χ4v) is 3.17. The van der Waals surface area contributed by atoms with Crippen LogP contribution in [0.15, 0.2) is 30.3 Å². The summed E-state index contributed by atoms with van der Waals surface area (Å²) in [6.45, 7) is 3.15. The zero-order valence-corrected chi connectivity index (χ0v) is 18.2. The molecule has 1 unspecified atom stereocenters. The maximum atomic E-state index is 12.2.